The Morgan fingerprint density at radius 1 is 1.39 bits per heavy atom. The number of H-pyrrole nitrogens is 1. The van der Waals surface area contributed by atoms with Crippen LogP contribution in [0.5, 0.6) is 0 Å². The molecular formula is C10H18N4O4. The van der Waals surface area contributed by atoms with Gasteiger partial charge in [-0.1, -0.05) is 6.92 Å². The zero-order valence-corrected chi connectivity index (χ0v) is 10.4. The maximum absolute atomic E-state index is 11.7. The molecule has 1 aromatic rings. The number of anilines is 2. The van der Waals surface area contributed by atoms with Crippen LogP contribution in [0.3, 0.4) is 0 Å². The average molecular weight is 258 g/mol. The van der Waals surface area contributed by atoms with E-state index in [1.165, 1.54) is 7.05 Å². The molecule has 1 aromatic heterocycles. The summed E-state index contributed by atoms with van der Waals surface area (Å²) in [5.41, 5.74) is 3.26. The molecule has 0 bridgehead atoms. The van der Waals surface area contributed by atoms with E-state index in [9.17, 15) is 19.8 Å². The van der Waals surface area contributed by atoms with Gasteiger partial charge in [0.15, 0.2) is 0 Å². The first-order valence-electron chi connectivity index (χ1n) is 5.49. The summed E-state index contributed by atoms with van der Waals surface area (Å²) in [4.78, 5) is 25.0. The Hall–Kier alpha value is -1.80. The number of rotatable bonds is 5. The Kier molecular flexibility index (Phi) is 4.15. The van der Waals surface area contributed by atoms with E-state index in [0.29, 0.717) is 6.42 Å². The van der Waals surface area contributed by atoms with Crippen LogP contribution in [0.2, 0.25) is 0 Å². The molecule has 8 heteroatoms. The zero-order chi connectivity index (χ0) is 13.9. The van der Waals surface area contributed by atoms with Crippen molar-refractivity contribution in [3.05, 3.63) is 20.8 Å². The van der Waals surface area contributed by atoms with E-state index < -0.39 is 16.8 Å². The van der Waals surface area contributed by atoms with E-state index in [2.05, 4.69) is 10.3 Å². The highest BCUT2D eigenvalue weighted by Crippen LogP contribution is 2.18. The Bertz CT molecular complexity index is 521. The van der Waals surface area contributed by atoms with Crippen LogP contribution in [-0.4, -0.2) is 38.5 Å². The average Bonchev–Trinajstić information content (AvgIpc) is 2.37. The van der Waals surface area contributed by atoms with Gasteiger partial charge in [-0.2, -0.15) is 0 Å². The number of nitrogens with two attached hydrogens (primary N) is 1. The van der Waals surface area contributed by atoms with Gasteiger partial charge in [0.1, 0.15) is 11.5 Å². The molecule has 0 aliphatic rings. The van der Waals surface area contributed by atoms with Gasteiger partial charge in [0.25, 0.3) is 5.56 Å². The fraction of sp³-hybridized carbons (Fsp3) is 0.600. The summed E-state index contributed by atoms with van der Waals surface area (Å²) in [5, 5.41) is 21.3. The number of nitrogens with zero attached hydrogens (tertiary/aromatic N) is 1. The SMILES string of the molecule is CCC(CO)(CO)Nc1c(N)n(C)c(=O)[nH]c1=O. The fourth-order valence-electron chi connectivity index (χ4n) is 1.46. The number of nitrogen functional groups attached to an aromatic ring is 1. The van der Waals surface area contributed by atoms with E-state index in [0.717, 1.165) is 4.57 Å². The molecular weight excluding hydrogens is 240 g/mol. The number of aliphatic hydroxyl groups excluding tert-OH is 2. The quantitative estimate of drug-likeness (QED) is 0.423. The van der Waals surface area contributed by atoms with Crippen LogP contribution in [0, 0.1) is 0 Å². The van der Waals surface area contributed by atoms with Gasteiger partial charge in [-0.3, -0.25) is 14.3 Å². The molecule has 0 saturated carbocycles. The predicted octanol–water partition coefficient (Wildman–Crippen LogP) is -1.80. The van der Waals surface area contributed by atoms with Gasteiger partial charge in [-0.15, -0.1) is 0 Å². The summed E-state index contributed by atoms with van der Waals surface area (Å²) >= 11 is 0. The molecule has 6 N–H and O–H groups in total. The zero-order valence-electron chi connectivity index (χ0n) is 10.4. The minimum atomic E-state index is -1.06. The second-order valence-electron chi connectivity index (χ2n) is 4.15. The Morgan fingerprint density at radius 2 is 1.94 bits per heavy atom. The van der Waals surface area contributed by atoms with Crippen LogP contribution < -0.4 is 22.3 Å². The normalized spacial score (nSPS) is 11.6. The molecule has 0 aliphatic heterocycles. The Morgan fingerprint density at radius 3 is 2.39 bits per heavy atom. The highest BCUT2D eigenvalue weighted by molar-refractivity contribution is 5.61. The Labute approximate surface area is 103 Å². The van der Waals surface area contributed by atoms with E-state index in [1.807, 2.05) is 0 Å². The smallest absolute Gasteiger partial charge is 0.329 e. The first kappa shape index (κ1) is 14.3. The molecule has 0 aromatic carbocycles. The summed E-state index contributed by atoms with van der Waals surface area (Å²) in [6.07, 6.45) is 0.377. The van der Waals surface area contributed by atoms with Gasteiger partial charge in [0, 0.05) is 7.05 Å². The summed E-state index contributed by atoms with van der Waals surface area (Å²) in [6, 6.07) is 0. The van der Waals surface area contributed by atoms with Crippen LogP contribution >= 0.6 is 0 Å². The molecule has 1 heterocycles. The lowest BCUT2D eigenvalue weighted by Crippen LogP contribution is -2.47. The van der Waals surface area contributed by atoms with Crippen molar-refractivity contribution in [1.82, 2.24) is 9.55 Å². The second-order valence-corrected chi connectivity index (χ2v) is 4.15. The lowest BCUT2D eigenvalue weighted by molar-refractivity contribution is 0.132. The van der Waals surface area contributed by atoms with Crippen LogP contribution in [0.15, 0.2) is 9.59 Å². The molecule has 0 saturated heterocycles. The van der Waals surface area contributed by atoms with Gasteiger partial charge in [-0.05, 0) is 6.42 Å². The van der Waals surface area contributed by atoms with Crippen molar-refractivity contribution < 1.29 is 10.2 Å². The van der Waals surface area contributed by atoms with Crippen LogP contribution in [0.4, 0.5) is 11.5 Å². The number of aliphatic hydroxyl groups is 2. The van der Waals surface area contributed by atoms with Crippen molar-refractivity contribution >= 4 is 11.5 Å². The van der Waals surface area contributed by atoms with Crippen molar-refractivity contribution in [3.8, 4) is 0 Å². The summed E-state index contributed by atoms with van der Waals surface area (Å²) in [5.74, 6) is -0.0523. The lowest BCUT2D eigenvalue weighted by Gasteiger charge is -2.31. The highest BCUT2D eigenvalue weighted by Gasteiger charge is 2.28. The molecule has 18 heavy (non-hydrogen) atoms. The number of aromatic amines is 1. The summed E-state index contributed by atoms with van der Waals surface area (Å²) in [6.45, 7) is 0.995. The van der Waals surface area contributed by atoms with E-state index in [1.54, 1.807) is 6.92 Å². The minimum Gasteiger partial charge on any atom is -0.394 e. The molecule has 102 valence electrons. The largest absolute Gasteiger partial charge is 0.394 e. The number of hydrogen-bond donors (Lipinski definition) is 5. The summed E-state index contributed by atoms with van der Waals surface area (Å²) in [7, 11) is 1.41. The maximum Gasteiger partial charge on any atom is 0.329 e. The van der Waals surface area contributed by atoms with Crippen molar-refractivity contribution in [3.63, 3.8) is 0 Å². The van der Waals surface area contributed by atoms with E-state index in [4.69, 9.17) is 5.73 Å². The molecule has 1 rings (SSSR count). The minimum absolute atomic E-state index is 0.0398. The molecule has 0 fully saturated rings. The third-order valence-electron chi connectivity index (χ3n) is 3.04. The van der Waals surface area contributed by atoms with Crippen molar-refractivity contribution in [2.24, 2.45) is 7.05 Å². The fourth-order valence-corrected chi connectivity index (χ4v) is 1.46. The third-order valence-corrected chi connectivity index (χ3v) is 3.04. The molecule has 0 atom stereocenters. The topological polar surface area (TPSA) is 133 Å². The van der Waals surface area contributed by atoms with Gasteiger partial charge < -0.3 is 21.3 Å². The molecule has 0 amide bonds. The lowest BCUT2D eigenvalue weighted by atomic mass is 9.98. The van der Waals surface area contributed by atoms with Gasteiger partial charge in [-0.25, -0.2) is 4.79 Å². The van der Waals surface area contributed by atoms with Gasteiger partial charge >= 0.3 is 5.69 Å². The van der Waals surface area contributed by atoms with E-state index >= 15 is 0 Å². The Balaban J connectivity index is 3.31. The number of hydrogen-bond acceptors (Lipinski definition) is 6. The standard InChI is InChI=1S/C10H18N4O4/c1-3-10(4-15,5-16)13-6-7(11)14(2)9(18)12-8(6)17/h13,15-16H,3-5,11H2,1-2H3,(H,12,17,18). The van der Waals surface area contributed by atoms with Gasteiger partial charge in [0.2, 0.25) is 0 Å². The van der Waals surface area contributed by atoms with Crippen molar-refractivity contribution in [1.29, 1.82) is 0 Å². The van der Waals surface area contributed by atoms with E-state index in [-0.39, 0.29) is 24.7 Å². The van der Waals surface area contributed by atoms with Crippen LogP contribution in [0.1, 0.15) is 13.3 Å². The van der Waals surface area contributed by atoms with Gasteiger partial charge in [0.05, 0.1) is 18.8 Å². The monoisotopic (exact) mass is 258 g/mol. The molecule has 8 nitrogen and oxygen atoms in total. The molecule has 0 aliphatic carbocycles. The predicted molar refractivity (Wildman–Crippen MR) is 67.5 cm³/mol. The highest BCUT2D eigenvalue weighted by atomic mass is 16.3. The maximum atomic E-state index is 11.7. The molecule has 0 unspecified atom stereocenters. The van der Waals surface area contributed by atoms with Crippen LogP contribution in [-0.2, 0) is 7.05 Å². The number of aromatic nitrogens is 2. The first-order chi connectivity index (χ1) is 8.40. The first-order valence-corrected chi connectivity index (χ1v) is 5.49. The molecule has 0 radical (unpaired) electrons. The number of nitrogens with one attached hydrogen (secondary N) is 2. The van der Waals surface area contributed by atoms with Crippen LogP contribution in [0.25, 0.3) is 0 Å². The van der Waals surface area contributed by atoms with Crippen molar-refractivity contribution in [2.45, 2.75) is 18.9 Å². The second kappa shape index (κ2) is 5.23. The van der Waals surface area contributed by atoms with Crippen molar-refractivity contribution in [2.75, 3.05) is 24.3 Å². The molecule has 0 spiro atoms. The third kappa shape index (κ3) is 2.39. The summed E-state index contributed by atoms with van der Waals surface area (Å²) < 4.78 is 1.07.